The summed E-state index contributed by atoms with van der Waals surface area (Å²) in [6.45, 7) is 4.63. The van der Waals surface area contributed by atoms with E-state index in [1.165, 1.54) is 0 Å². The second-order valence-corrected chi connectivity index (χ2v) is 5.35. The zero-order valence-corrected chi connectivity index (χ0v) is 12.0. The van der Waals surface area contributed by atoms with E-state index in [1.54, 1.807) is 6.92 Å². The van der Waals surface area contributed by atoms with E-state index < -0.39 is 0 Å². The molecule has 1 aliphatic rings. The van der Waals surface area contributed by atoms with Crippen molar-refractivity contribution in [1.29, 1.82) is 0 Å². The fourth-order valence-electron chi connectivity index (χ4n) is 2.59. The maximum absolute atomic E-state index is 12.0. The zero-order valence-electron chi connectivity index (χ0n) is 12.0. The Morgan fingerprint density at radius 3 is 2.45 bits per heavy atom. The van der Waals surface area contributed by atoms with Gasteiger partial charge in [-0.2, -0.15) is 0 Å². The Bertz CT molecular complexity index is 434. The third-order valence-corrected chi connectivity index (χ3v) is 3.87. The maximum Gasteiger partial charge on any atom is 0.223 e. The smallest absolute Gasteiger partial charge is 0.223 e. The van der Waals surface area contributed by atoms with Crippen molar-refractivity contribution in [2.45, 2.75) is 32.7 Å². The molecular formula is C15H23N3O2. The van der Waals surface area contributed by atoms with Gasteiger partial charge in [0.1, 0.15) is 0 Å². The number of piperidine rings is 1. The first-order valence-corrected chi connectivity index (χ1v) is 7.31. The molecule has 110 valence electrons. The van der Waals surface area contributed by atoms with E-state index in [2.05, 4.69) is 9.88 Å². The number of carbonyl (C=O) groups is 2. The summed E-state index contributed by atoms with van der Waals surface area (Å²) >= 11 is 0. The first-order chi connectivity index (χ1) is 9.66. The number of hydrogen-bond donors (Lipinski definition) is 1. The van der Waals surface area contributed by atoms with Crippen LogP contribution in [0.1, 0.15) is 26.2 Å². The lowest BCUT2D eigenvalue weighted by atomic mass is 9.96. The molecule has 1 aromatic heterocycles. The van der Waals surface area contributed by atoms with E-state index in [1.807, 2.05) is 29.4 Å². The first-order valence-electron chi connectivity index (χ1n) is 7.31. The summed E-state index contributed by atoms with van der Waals surface area (Å²) in [6, 6.07) is 4.00. The minimum absolute atomic E-state index is 0.0668. The Balaban J connectivity index is 1.62. The number of aromatic nitrogens is 1. The Morgan fingerprint density at radius 1 is 1.20 bits per heavy atom. The van der Waals surface area contributed by atoms with Gasteiger partial charge in [0.05, 0.1) is 0 Å². The normalized spacial score (nSPS) is 16.1. The lowest BCUT2D eigenvalue weighted by Gasteiger charge is -2.30. The summed E-state index contributed by atoms with van der Waals surface area (Å²) in [4.78, 5) is 25.1. The van der Waals surface area contributed by atoms with Gasteiger partial charge in [0.15, 0.2) is 0 Å². The number of rotatable bonds is 5. The van der Waals surface area contributed by atoms with Crippen LogP contribution in [0.5, 0.6) is 0 Å². The van der Waals surface area contributed by atoms with Gasteiger partial charge in [0, 0.05) is 51.4 Å². The Labute approximate surface area is 119 Å². The van der Waals surface area contributed by atoms with Crippen LogP contribution in [0.15, 0.2) is 24.5 Å². The summed E-state index contributed by atoms with van der Waals surface area (Å²) in [5, 5.41) is 3.00. The van der Waals surface area contributed by atoms with Crippen LogP contribution < -0.4 is 5.32 Å². The monoisotopic (exact) mass is 277 g/mol. The van der Waals surface area contributed by atoms with Gasteiger partial charge >= 0.3 is 0 Å². The van der Waals surface area contributed by atoms with Crippen molar-refractivity contribution >= 4 is 11.8 Å². The van der Waals surface area contributed by atoms with Crippen molar-refractivity contribution < 1.29 is 9.59 Å². The molecular weight excluding hydrogens is 254 g/mol. The summed E-state index contributed by atoms with van der Waals surface area (Å²) in [5.74, 6) is 0.313. The molecule has 1 aromatic rings. The predicted octanol–water partition coefficient (Wildman–Crippen LogP) is 1.25. The van der Waals surface area contributed by atoms with Crippen molar-refractivity contribution in [1.82, 2.24) is 14.8 Å². The van der Waals surface area contributed by atoms with E-state index in [0.29, 0.717) is 19.6 Å². The van der Waals surface area contributed by atoms with E-state index in [0.717, 1.165) is 25.8 Å². The molecule has 2 heterocycles. The van der Waals surface area contributed by atoms with Gasteiger partial charge in [-0.05, 0) is 31.4 Å². The standard InChI is InChI=1S/C15H23N3O2/c1-13(19)18-11-5-14(6-12-18)15(20)16-7-4-10-17-8-2-3-9-17/h2-3,8-9,14H,4-7,10-12H2,1H3,(H,16,20). The second-order valence-electron chi connectivity index (χ2n) is 5.35. The molecule has 0 spiro atoms. The van der Waals surface area contributed by atoms with E-state index in [-0.39, 0.29) is 17.7 Å². The molecule has 5 nitrogen and oxygen atoms in total. The van der Waals surface area contributed by atoms with Crippen molar-refractivity contribution in [2.24, 2.45) is 5.92 Å². The van der Waals surface area contributed by atoms with Crippen molar-refractivity contribution in [3.05, 3.63) is 24.5 Å². The Kier molecular flexibility index (Phi) is 5.21. The molecule has 1 saturated heterocycles. The third kappa shape index (κ3) is 4.11. The topological polar surface area (TPSA) is 54.3 Å². The average Bonchev–Trinajstić information content (AvgIpc) is 2.96. The number of likely N-dealkylation sites (tertiary alicyclic amines) is 1. The molecule has 0 radical (unpaired) electrons. The highest BCUT2D eigenvalue weighted by atomic mass is 16.2. The van der Waals surface area contributed by atoms with Gasteiger partial charge in [0.25, 0.3) is 0 Å². The van der Waals surface area contributed by atoms with Gasteiger partial charge in [-0.1, -0.05) is 0 Å². The molecule has 2 amide bonds. The number of nitrogens with zero attached hydrogens (tertiary/aromatic N) is 2. The molecule has 0 saturated carbocycles. The largest absolute Gasteiger partial charge is 0.356 e. The van der Waals surface area contributed by atoms with Crippen LogP contribution in [0.3, 0.4) is 0 Å². The SMILES string of the molecule is CC(=O)N1CCC(C(=O)NCCCn2cccc2)CC1. The maximum atomic E-state index is 12.0. The Hall–Kier alpha value is -1.78. The molecule has 0 unspecified atom stereocenters. The van der Waals surface area contributed by atoms with Gasteiger partial charge < -0.3 is 14.8 Å². The molecule has 1 N–H and O–H groups in total. The minimum atomic E-state index is 0.0668. The lowest BCUT2D eigenvalue weighted by Crippen LogP contribution is -2.42. The lowest BCUT2D eigenvalue weighted by molar-refractivity contribution is -0.133. The molecule has 5 heteroatoms. The van der Waals surface area contributed by atoms with E-state index in [4.69, 9.17) is 0 Å². The fourth-order valence-corrected chi connectivity index (χ4v) is 2.59. The molecule has 1 aliphatic heterocycles. The molecule has 0 aromatic carbocycles. The van der Waals surface area contributed by atoms with Crippen LogP contribution >= 0.6 is 0 Å². The molecule has 0 bridgehead atoms. The highest BCUT2D eigenvalue weighted by Gasteiger charge is 2.25. The zero-order chi connectivity index (χ0) is 14.4. The molecule has 1 fully saturated rings. The summed E-state index contributed by atoms with van der Waals surface area (Å²) in [5.41, 5.74) is 0. The Morgan fingerprint density at radius 2 is 1.85 bits per heavy atom. The number of carbonyl (C=O) groups excluding carboxylic acids is 2. The van der Waals surface area contributed by atoms with Crippen LogP contribution in [0.25, 0.3) is 0 Å². The van der Waals surface area contributed by atoms with Gasteiger partial charge in [0.2, 0.25) is 11.8 Å². The summed E-state index contributed by atoms with van der Waals surface area (Å²) in [7, 11) is 0. The van der Waals surface area contributed by atoms with Crippen LogP contribution in [-0.4, -0.2) is 40.9 Å². The number of hydrogen-bond acceptors (Lipinski definition) is 2. The van der Waals surface area contributed by atoms with Crippen molar-refractivity contribution in [2.75, 3.05) is 19.6 Å². The van der Waals surface area contributed by atoms with Crippen molar-refractivity contribution in [3.8, 4) is 0 Å². The van der Waals surface area contributed by atoms with Gasteiger partial charge in [-0.25, -0.2) is 0 Å². The number of nitrogens with one attached hydrogen (secondary N) is 1. The van der Waals surface area contributed by atoms with E-state index in [9.17, 15) is 9.59 Å². The quantitative estimate of drug-likeness (QED) is 0.824. The molecule has 0 atom stereocenters. The first kappa shape index (κ1) is 14.6. The van der Waals surface area contributed by atoms with Crippen molar-refractivity contribution in [3.63, 3.8) is 0 Å². The minimum Gasteiger partial charge on any atom is -0.356 e. The van der Waals surface area contributed by atoms with Gasteiger partial charge in [-0.3, -0.25) is 9.59 Å². The van der Waals surface area contributed by atoms with Crippen LogP contribution in [0.4, 0.5) is 0 Å². The highest BCUT2D eigenvalue weighted by Crippen LogP contribution is 2.17. The number of amides is 2. The summed E-state index contributed by atoms with van der Waals surface area (Å²) in [6.07, 6.45) is 6.55. The molecule has 20 heavy (non-hydrogen) atoms. The van der Waals surface area contributed by atoms with Crippen LogP contribution in [0, 0.1) is 5.92 Å². The summed E-state index contributed by atoms with van der Waals surface area (Å²) < 4.78 is 2.11. The van der Waals surface area contributed by atoms with E-state index >= 15 is 0 Å². The fraction of sp³-hybridized carbons (Fsp3) is 0.600. The highest BCUT2D eigenvalue weighted by molar-refractivity contribution is 5.79. The van der Waals surface area contributed by atoms with Crippen LogP contribution in [0.2, 0.25) is 0 Å². The van der Waals surface area contributed by atoms with Gasteiger partial charge in [-0.15, -0.1) is 0 Å². The predicted molar refractivity (Wildman–Crippen MR) is 77.0 cm³/mol. The molecule has 2 rings (SSSR count). The van der Waals surface area contributed by atoms with Crippen LogP contribution in [-0.2, 0) is 16.1 Å². The third-order valence-electron chi connectivity index (χ3n) is 3.87. The average molecular weight is 277 g/mol. The molecule has 0 aliphatic carbocycles. The number of aryl methyl sites for hydroxylation is 1. The second kappa shape index (κ2) is 7.12.